The van der Waals surface area contributed by atoms with Crippen molar-refractivity contribution in [3.63, 3.8) is 0 Å². The molecule has 9 nitrogen and oxygen atoms in total. The molecule has 0 aliphatic rings. The van der Waals surface area contributed by atoms with Gasteiger partial charge >= 0.3 is 6.03 Å². The van der Waals surface area contributed by atoms with E-state index >= 15 is 0 Å². The van der Waals surface area contributed by atoms with Crippen molar-refractivity contribution in [2.45, 2.75) is 78.8 Å². The Morgan fingerprint density at radius 1 is 1.11 bits per heavy atom. The standard InChI is InChI=1S/C25H33ClN6O3S/c1-7-8-9-10-19(30-23(34)31-24-27-14(2)20(36-24)25(4,5)6)29-22(33)17-11-16(12-18(26)13-17)21-28-15(3)35-32-21/h11-13,19H,7-10H2,1-6H3,(H,29,33)(H2,27,30,31,34)/t19-/m1/s1. The molecule has 2 aromatic heterocycles. The van der Waals surface area contributed by atoms with Crippen molar-refractivity contribution in [1.29, 1.82) is 0 Å². The molecule has 11 heteroatoms. The predicted octanol–water partition coefficient (Wildman–Crippen LogP) is 6.22. The Hall–Kier alpha value is -2.98. The number of nitrogens with zero attached hydrogens (tertiary/aromatic N) is 3. The fourth-order valence-electron chi connectivity index (χ4n) is 3.72. The number of hydrogen-bond donors (Lipinski definition) is 3. The Morgan fingerprint density at radius 3 is 2.47 bits per heavy atom. The van der Waals surface area contributed by atoms with Crippen molar-refractivity contribution in [2.24, 2.45) is 0 Å². The number of benzene rings is 1. The number of urea groups is 1. The van der Waals surface area contributed by atoms with Crippen molar-refractivity contribution in [2.75, 3.05) is 5.32 Å². The Labute approximate surface area is 220 Å². The molecular weight excluding hydrogens is 500 g/mol. The molecule has 0 aliphatic heterocycles. The molecule has 36 heavy (non-hydrogen) atoms. The zero-order chi connectivity index (χ0) is 26.5. The molecule has 0 radical (unpaired) electrons. The van der Waals surface area contributed by atoms with Crippen molar-refractivity contribution in [3.05, 3.63) is 45.2 Å². The first kappa shape index (κ1) is 27.6. The highest BCUT2D eigenvalue weighted by Gasteiger charge is 2.23. The summed E-state index contributed by atoms with van der Waals surface area (Å²) < 4.78 is 5.04. The number of aryl methyl sites for hydroxylation is 2. The SMILES string of the molecule is CCCCC[C@@H](NC(=O)Nc1nc(C)c(C(C)(C)C)s1)NC(=O)c1cc(Cl)cc(-c2noc(C)n2)c1. The molecular formula is C25H33ClN6O3S. The van der Waals surface area contributed by atoms with Gasteiger partial charge in [-0.1, -0.05) is 57.3 Å². The molecule has 1 atom stereocenters. The highest BCUT2D eigenvalue weighted by atomic mass is 35.5. The summed E-state index contributed by atoms with van der Waals surface area (Å²) in [5.41, 5.74) is 1.72. The van der Waals surface area contributed by atoms with Gasteiger partial charge in [0.1, 0.15) is 6.17 Å². The lowest BCUT2D eigenvalue weighted by Crippen LogP contribution is -2.49. The normalized spacial score (nSPS) is 12.3. The van der Waals surface area contributed by atoms with Gasteiger partial charge in [0, 0.05) is 28.0 Å². The lowest BCUT2D eigenvalue weighted by molar-refractivity contribution is 0.0929. The minimum Gasteiger partial charge on any atom is -0.339 e. The number of hydrogen-bond acceptors (Lipinski definition) is 7. The van der Waals surface area contributed by atoms with Gasteiger partial charge in [-0.25, -0.2) is 9.78 Å². The number of nitrogens with one attached hydrogen (secondary N) is 3. The lowest BCUT2D eigenvalue weighted by atomic mass is 9.94. The van der Waals surface area contributed by atoms with Gasteiger partial charge < -0.3 is 15.2 Å². The zero-order valence-electron chi connectivity index (χ0n) is 21.5. The highest BCUT2D eigenvalue weighted by molar-refractivity contribution is 7.16. The lowest BCUT2D eigenvalue weighted by Gasteiger charge is -2.20. The van der Waals surface area contributed by atoms with Crippen molar-refractivity contribution in [3.8, 4) is 11.4 Å². The number of amides is 3. The van der Waals surface area contributed by atoms with Crippen molar-refractivity contribution in [1.82, 2.24) is 25.8 Å². The fraction of sp³-hybridized carbons (Fsp3) is 0.480. The maximum absolute atomic E-state index is 13.1. The number of carbonyl (C=O) groups excluding carboxylic acids is 2. The summed E-state index contributed by atoms with van der Waals surface area (Å²) in [6, 6.07) is 4.43. The second-order valence-electron chi connectivity index (χ2n) is 9.67. The van der Waals surface area contributed by atoms with E-state index < -0.39 is 12.2 Å². The summed E-state index contributed by atoms with van der Waals surface area (Å²) >= 11 is 7.71. The second-order valence-corrected chi connectivity index (χ2v) is 11.1. The quantitative estimate of drug-likeness (QED) is 0.222. The van der Waals surface area contributed by atoms with E-state index in [1.54, 1.807) is 25.1 Å². The molecule has 194 valence electrons. The van der Waals surface area contributed by atoms with Crippen LogP contribution in [0.5, 0.6) is 0 Å². The van der Waals surface area contributed by atoms with E-state index in [-0.39, 0.29) is 11.3 Å². The molecule has 3 rings (SSSR count). The van der Waals surface area contributed by atoms with E-state index in [1.165, 1.54) is 11.3 Å². The summed E-state index contributed by atoms with van der Waals surface area (Å²) in [4.78, 5) is 35.7. The van der Waals surface area contributed by atoms with Crippen molar-refractivity contribution < 1.29 is 14.1 Å². The van der Waals surface area contributed by atoms with Crippen LogP contribution in [0.15, 0.2) is 22.7 Å². The number of anilines is 1. The minimum absolute atomic E-state index is 0.0647. The van der Waals surface area contributed by atoms with Crippen LogP contribution in [-0.4, -0.2) is 33.2 Å². The predicted molar refractivity (Wildman–Crippen MR) is 143 cm³/mol. The smallest absolute Gasteiger partial charge is 0.322 e. The number of rotatable bonds is 9. The number of carbonyl (C=O) groups is 2. The van der Waals surface area contributed by atoms with E-state index in [2.05, 4.69) is 58.8 Å². The summed E-state index contributed by atoms with van der Waals surface area (Å²) in [5, 5.41) is 13.4. The summed E-state index contributed by atoms with van der Waals surface area (Å²) in [7, 11) is 0. The maximum Gasteiger partial charge on any atom is 0.322 e. The van der Waals surface area contributed by atoms with E-state index in [9.17, 15) is 9.59 Å². The summed E-state index contributed by atoms with van der Waals surface area (Å²) in [5.74, 6) is 0.377. The van der Waals surface area contributed by atoms with E-state index in [0.29, 0.717) is 39.4 Å². The summed E-state index contributed by atoms with van der Waals surface area (Å²) in [6.45, 7) is 12.0. The first-order chi connectivity index (χ1) is 17.0. The van der Waals surface area contributed by atoms with E-state index in [0.717, 1.165) is 29.8 Å². The van der Waals surface area contributed by atoms with Gasteiger partial charge in [0.2, 0.25) is 11.7 Å². The zero-order valence-corrected chi connectivity index (χ0v) is 23.1. The molecule has 0 fully saturated rings. The van der Waals surface area contributed by atoms with Crippen LogP contribution in [-0.2, 0) is 5.41 Å². The van der Waals surface area contributed by atoms with Gasteiger partial charge in [0.05, 0.1) is 5.69 Å². The van der Waals surface area contributed by atoms with E-state index in [1.807, 2.05) is 6.92 Å². The summed E-state index contributed by atoms with van der Waals surface area (Å²) in [6.07, 6.45) is 2.84. The molecule has 0 bridgehead atoms. The molecule has 3 amide bonds. The molecule has 0 spiro atoms. The minimum atomic E-state index is -0.581. The number of unbranched alkanes of at least 4 members (excludes halogenated alkanes) is 2. The Morgan fingerprint density at radius 2 is 1.86 bits per heavy atom. The molecule has 0 unspecified atom stereocenters. The van der Waals surface area contributed by atoms with Gasteiger partial charge in [-0.3, -0.25) is 10.1 Å². The molecule has 2 heterocycles. The first-order valence-electron chi connectivity index (χ1n) is 11.9. The molecule has 1 aromatic carbocycles. The van der Waals surface area contributed by atoms with Gasteiger partial charge in [-0.15, -0.1) is 11.3 Å². The number of thiazole rings is 1. The molecule has 3 aromatic rings. The third-order valence-electron chi connectivity index (χ3n) is 5.35. The van der Waals surface area contributed by atoms with Gasteiger partial charge in [-0.2, -0.15) is 4.98 Å². The van der Waals surface area contributed by atoms with E-state index in [4.69, 9.17) is 16.1 Å². The maximum atomic E-state index is 13.1. The topological polar surface area (TPSA) is 122 Å². The van der Waals surface area contributed by atoms with Crippen LogP contribution in [0, 0.1) is 13.8 Å². The third kappa shape index (κ3) is 7.51. The van der Waals surface area contributed by atoms with Crippen LogP contribution in [0.25, 0.3) is 11.4 Å². The van der Waals surface area contributed by atoms with Crippen molar-refractivity contribution >= 4 is 40.0 Å². The van der Waals surface area contributed by atoms with Crippen LogP contribution >= 0.6 is 22.9 Å². The monoisotopic (exact) mass is 532 g/mol. The third-order valence-corrected chi connectivity index (χ3v) is 7.07. The Balaban J connectivity index is 1.72. The van der Waals surface area contributed by atoms with Gasteiger partial charge in [0.15, 0.2) is 5.13 Å². The molecule has 3 N–H and O–H groups in total. The largest absolute Gasteiger partial charge is 0.339 e. The second kappa shape index (κ2) is 11.8. The number of aromatic nitrogens is 3. The van der Waals surface area contributed by atoms with Crippen LogP contribution in [0.1, 0.15) is 80.2 Å². The molecule has 0 saturated carbocycles. The van der Waals surface area contributed by atoms with Crippen LogP contribution in [0.3, 0.4) is 0 Å². The molecule has 0 saturated heterocycles. The van der Waals surface area contributed by atoms with Gasteiger partial charge in [0.25, 0.3) is 5.91 Å². The van der Waals surface area contributed by atoms with Crippen LogP contribution in [0.2, 0.25) is 5.02 Å². The highest BCUT2D eigenvalue weighted by Crippen LogP contribution is 2.33. The van der Waals surface area contributed by atoms with Gasteiger partial charge in [-0.05, 0) is 43.4 Å². The average Bonchev–Trinajstić information content (AvgIpc) is 3.38. The van der Waals surface area contributed by atoms with Crippen LogP contribution in [0.4, 0.5) is 9.93 Å². The Kier molecular flexibility index (Phi) is 9.08. The van der Waals surface area contributed by atoms with Crippen LogP contribution < -0.4 is 16.0 Å². The first-order valence-corrected chi connectivity index (χ1v) is 13.1. The number of halogens is 1. The average molecular weight is 533 g/mol. The Bertz CT molecular complexity index is 1220. The molecule has 0 aliphatic carbocycles. The fourth-order valence-corrected chi connectivity index (χ4v) is 4.98.